The Hall–Kier alpha value is -0.780. The Morgan fingerprint density at radius 2 is 1.68 bits per heavy atom. The summed E-state index contributed by atoms with van der Waals surface area (Å²) < 4.78 is 28.0. The molecular weight excluding hydrogens is 380 g/mol. The van der Waals surface area contributed by atoms with Gasteiger partial charge < -0.3 is 5.73 Å². The Bertz CT molecular complexity index is 602. The van der Waals surface area contributed by atoms with E-state index in [1.165, 1.54) is 12.1 Å². The highest BCUT2D eigenvalue weighted by Gasteiger charge is 2.13. The van der Waals surface area contributed by atoms with Gasteiger partial charge in [0.1, 0.15) is 11.6 Å². The molecule has 1 unspecified atom stereocenters. The summed E-state index contributed by atoms with van der Waals surface area (Å²) in [4.78, 5) is 0. The van der Waals surface area contributed by atoms with Gasteiger partial charge in [0.25, 0.3) is 0 Å². The van der Waals surface area contributed by atoms with E-state index in [0.29, 0.717) is 16.5 Å². The third kappa shape index (κ3) is 3.61. The summed E-state index contributed by atoms with van der Waals surface area (Å²) in [6.07, 6.45) is 0.437. The van der Waals surface area contributed by atoms with Gasteiger partial charge in [-0.25, -0.2) is 8.78 Å². The summed E-state index contributed by atoms with van der Waals surface area (Å²) in [7, 11) is 0. The van der Waals surface area contributed by atoms with Crippen molar-refractivity contribution in [2.75, 3.05) is 0 Å². The number of hydrogen-bond donors (Lipinski definition) is 1. The van der Waals surface area contributed by atoms with Gasteiger partial charge in [-0.2, -0.15) is 0 Å². The van der Waals surface area contributed by atoms with Crippen LogP contribution in [0.4, 0.5) is 8.78 Å². The highest BCUT2D eigenvalue weighted by atomic mass is 79.9. The van der Waals surface area contributed by atoms with E-state index in [1.807, 2.05) is 0 Å². The van der Waals surface area contributed by atoms with Gasteiger partial charge in [-0.05, 0) is 58.2 Å². The fraction of sp³-hybridized carbons (Fsp3) is 0.143. The highest BCUT2D eigenvalue weighted by molar-refractivity contribution is 9.10. The van der Waals surface area contributed by atoms with Gasteiger partial charge in [0.2, 0.25) is 0 Å². The van der Waals surface area contributed by atoms with Crippen LogP contribution in [0.1, 0.15) is 17.2 Å². The first-order chi connectivity index (χ1) is 8.97. The van der Waals surface area contributed by atoms with Crippen molar-refractivity contribution in [1.29, 1.82) is 0 Å². The largest absolute Gasteiger partial charge is 0.324 e. The van der Waals surface area contributed by atoms with E-state index in [-0.39, 0.29) is 11.6 Å². The molecule has 0 heterocycles. The van der Waals surface area contributed by atoms with Crippen LogP contribution in [-0.4, -0.2) is 0 Å². The van der Waals surface area contributed by atoms with Gasteiger partial charge in [-0.15, -0.1) is 0 Å². The lowest BCUT2D eigenvalue weighted by molar-refractivity contribution is 0.579. The van der Waals surface area contributed by atoms with Crippen molar-refractivity contribution in [2.24, 2.45) is 5.73 Å². The van der Waals surface area contributed by atoms with Crippen LogP contribution in [0, 0.1) is 11.6 Å². The predicted molar refractivity (Wildman–Crippen MR) is 78.8 cm³/mol. The number of benzene rings is 2. The molecule has 0 aromatic heterocycles. The molecular formula is C14H11Br2F2N. The van der Waals surface area contributed by atoms with E-state index in [1.54, 1.807) is 24.3 Å². The van der Waals surface area contributed by atoms with Crippen LogP contribution in [0.15, 0.2) is 45.3 Å². The summed E-state index contributed by atoms with van der Waals surface area (Å²) in [5.41, 5.74) is 7.30. The summed E-state index contributed by atoms with van der Waals surface area (Å²) in [6.45, 7) is 0. The molecule has 0 bridgehead atoms. The van der Waals surface area contributed by atoms with Gasteiger partial charge >= 0.3 is 0 Å². The van der Waals surface area contributed by atoms with E-state index in [9.17, 15) is 8.78 Å². The molecule has 0 saturated heterocycles. The van der Waals surface area contributed by atoms with Crippen LogP contribution >= 0.6 is 31.9 Å². The number of nitrogens with two attached hydrogens (primary N) is 1. The summed E-state index contributed by atoms with van der Waals surface area (Å²) in [6, 6.07) is 8.86. The predicted octanol–water partition coefficient (Wildman–Crippen LogP) is 4.73. The molecule has 19 heavy (non-hydrogen) atoms. The number of hydrogen-bond acceptors (Lipinski definition) is 1. The van der Waals surface area contributed by atoms with E-state index in [0.717, 1.165) is 10.0 Å². The van der Waals surface area contributed by atoms with Crippen LogP contribution in [0.5, 0.6) is 0 Å². The lowest BCUT2D eigenvalue weighted by Gasteiger charge is -2.14. The van der Waals surface area contributed by atoms with Crippen molar-refractivity contribution in [3.05, 3.63) is 68.1 Å². The second-order valence-corrected chi connectivity index (χ2v) is 5.99. The molecule has 2 aromatic rings. The van der Waals surface area contributed by atoms with Crippen LogP contribution in [-0.2, 0) is 6.42 Å². The fourth-order valence-corrected chi connectivity index (χ4v) is 2.63. The SMILES string of the molecule is NC(Cc1ccc(F)c(Br)c1)c1cc(Br)ccc1F. The van der Waals surface area contributed by atoms with E-state index in [2.05, 4.69) is 31.9 Å². The minimum atomic E-state index is -0.477. The maximum atomic E-state index is 13.7. The summed E-state index contributed by atoms with van der Waals surface area (Å²) >= 11 is 6.41. The quantitative estimate of drug-likeness (QED) is 0.805. The van der Waals surface area contributed by atoms with Gasteiger partial charge in [-0.3, -0.25) is 0 Å². The molecule has 0 aliphatic carbocycles. The molecule has 2 N–H and O–H groups in total. The van der Waals surface area contributed by atoms with Crippen molar-refractivity contribution in [3.8, 4) is 0 Å². The average molecular weight is 391 g/mol. The Morgan fingerprint density at radius 1 is 1.00 bits per heavy atom. The zero-order chi connectivity index (χ0) is 14.0. The smallest absolute Gasteiger partial charge is 0.137 e. The van der Waals surface area contributed by atoms with E-state index >= 15 is 0 Å². The number of halogens is 4. The molecule has 5 heteroatoms. The molecule has 1 nitrogen and oxygen atoms in total. The molecule has 0 saturated carbocycles. The molecule has 1 atom stereocenters. The van der Waals surface area contributed by atoms with Crippen molar-refractivity contribution in [2.45, 2.75) is 12.5 Å². The van der Waals surface area contributed by atoms with Gasteiger partial charge in [0.15, 0.2) is 0 Å². The Balaban J connectivity index is 2.22. The third-order valence-electron chi connectivity index (χ3n) is 2.80. The zero-order valence-electron chi connectivity index (χ0n) is 9.84. The van der Waals surface area contributed by atoms with Gasteiger partial charge in [0, 0.05) is 16.1 Å². The summed E-state index contributed by atoms with van der Waals surface area (Å²) in [5.74, 6) is -0.664. The Morgan fingerprint density at radius 3 is 2.37 bits per heavy atom. The van der Waals surface area contributed by atoms with Crippen molar-refractivity contribution in [3.63, 3.8) is 0 Å². The van der Waals surface area contributed by atoms with Crippen molar-refractivity contribution < 1.29 is 8.78 Å². The van der Waals surface area contributed by atoms with E-state index in [4.69, 9.17) is 5.73 Å². The molecule has 0 fully saturated rings. The first kappa shape index (κ1) is 14.6. The maximum absolute atomic E-state index is 13.7. The normalized spacial score (nSPS) is 12.5. The lowest BCUT2D eigenvalue weighted by atomic mass is 9.99. The van der Waals surface area contributed by atoms with Crippen molar-refractivity contribution >= 4 is 31.9 Å². The topological polar surface area (TPSA) is 26.0 Å². The standard InChI is InChI=1S/C14H11Br2F2N/c15-9-2-4-12(17)10(7-9)14(19)6-8-1-3-13(18)11(16)5-8/h1-5,7,14H,6,19H2. The zero-order valence-corrected chi connectivity index (χ0v) is 13.0. The second kappa shape index (κ2) is 6.11. The van der Waals surface area contributed by atoms with Crippen LogP contribution < -0.4 is 5.73 Å². The summed E-state index contributed by atoms with van der Waals surface area (Å²) in [5, 5.41) is 0. The van der Waals surface area contributed by atoms with Crippen LogP contribution in [0.2, 0.25) is 0 Å². The minimum absolute atomic E-state index is 0.328. The third-order valence-corrected chi connectivity index (χ3v) is 3.90. The molecule has 0 spiro atoms. The average Bonchev–Trinajstić information content (AvgIpc) is 2.36. The first-order valence-corrected chi connectivity index (χ1v) is 7.20. The van der Waals surface area contributed by atoms with Gasteiger partial charge in [-0.1, -0.05) is 22.0 Å². The lowest BCUT2D eigenvalue weighted by Crippen LogP contribution is -2.15. The first-order valence-electron chi connectivity index (χ1n) is 5.62. The molecule has 2 rings (SSSR count). The molecule has 0 amide bonds. The number of rotatable bonds is 3. The molecule has 0 aliphatic heterocycles. The van der Waals surface area contributed by atoms with Crippen LogP contribution in [0.3, 0.4) is 0 Å². The second-order valence-electron chi connectivity index (χ2n) is 4.22. The fourth-order valence-electron chi connectivity index (χ4n) is 1.83. The van der Waals surface area contributed by atoms with Crippen LogP contribution in [0.25, 0.3) is 0 Å². The Kier molecular flexibility index (Phi) is 4.71. The minimum Gasteiger partial charge on any atom is -0.324 e. The molecule has 0 aliphatic rings. The molecule has 2 aromatic carbocycles. The maximum Gasteiger partial charge on any atom is 0.137 e. The monoisotopic (exact) mass is 389 g/mol. The molecule has 0 radical (unpaired) electrons. The molecule has 100 valence electrons. The highest BCUT2D eigenvalue weighted by Crippen LogP contribution is 2.24. The Labute approximate surface area is 127 Å². The van der Waals surface area contributed by atoms with E-state index < -0.39 is 6.04 Å². The van der Waals surface area contributed by atoms with Crippen molar-refractivity contribution in [1.82, 2.24) is 0 Å². The van der Waals surface area contributed by atoms with Gasteiger partial charge in [0.05, 0.1) is 4.47 Å².